The molecular formula is C13H18N2O3. The van der Waals surface area contributed by atoms with Crippen LogP contribution in [-0.4, -0.2) is 30.0 Å². The summed E-state index contributed by atoms with van der Waals surface area (Å²) >= 11 is 0. The van der Waals surface area contributed by atoms with Gasteiger partial charge in [0.15, 0.2) is 0 Å². The van der Waals surface area contributed by atoms with E-state index in [0.717, 1.165) is 12.0 Å². The Bertz CT molecular complexity index is 444. The van der Waals surface area contributed by atoms with Crippen LogP contribution >= 0.6 is 0 Å². The average molecular weight is 250 g/mol. The maximum Gasteiger partial charge on any atom is 0.255 e. The van der Waals surface area contributed by atoms with Crippen molar-refractivity contribution in [1.29, 1.82) is 0 Å². The van der Waals surface area contributed by atoms with E-state index in [9.17, 15) is 14.7 Å². The highest BCUT2D eigenvalue weighted by atomic mass is 16.3. The molecule has 0 aromatic heterocycles. The number of amides is 2. The van der Waals surface area contributed by atoms with Crippen LogP contribution in [0, 0.1) is 6.92 Å². The Morgan fingerprint density at radius 2 is 2.00 bits per heavy atom. The first-order valence-corrected chi connectivity index (χ1v) is 5.89. The number of nitrogens with one attached hydrogen (secondary N) is 2. The van der Waals surface area contributed by atoms with Gasteiger partial charge in [-0.3, -0.25) is 9.59 Å². The Morgan fingerprint density at radius 3 is 2.67 bits per heavy atom. The third-order valence-corrected chi connectivity index (χ3v) is 2.38. The van der Waals surface area contributed by atoms with Gasteiger partial charge in [-0.25, -0.2) is 0 Å². The van der Waals surface area contributed by atoms with Crippen LogP contribution in [0.3, 0.4) is 0 Å². The summed E-state index contributed by atoms with van der Waals surface area (Å²) in [6.07, 6.45) is 0.846. The fraction of sp³-hybridized carbons (Fsp3) is 0.385. The Kier molecular flexibility index (Phi) is 5.17. The molecule has 2 amide bonds. The molecule has 0 aliphatic carbocycles. The molecule has 18 heavy (non-hydrogen) atoms. The first kappa shape index (κ1) is 14.0. The van der Waals surface area contributed by atoms with Crippen LogP contribution in [0.2, 0.25) is 0 Å². The molecule has 0 atom stereocenters. The van der Waals surface area contributed by atoms with Gasteiger partial charge in [0.1, 0.15) is 5.75 Å². The van der Waals surface area contributed by atoms with Gasteiger partial charge in [0.25, 0.3) is 5.91 Å². The minimum Gasteiger partial charge on any atom is -0.507 e. The fourth-order valence-corrected chi connectivity index (χ4v) is 1.41. The van der Waals surface area contributed by atoms with Crippen LogP contribution in [0.25, 0.3) is 0 Å². The first-order valence-electron chi connectivity index (χ1n) is 5.89. The Labute approximate surface area is 106 Å². The number of carbonyl (C=O) groups excluding carboxylic acids is 2. The standard InChI is InChI=1S/C13H18N2O3/c1-3-6-14-12(17)8-15-13(18)10-7-9(2)4-5-11(10)16/h4-5,7,16H,3,6,8H2,1-2H3,(H,14,17)(H,15,18). The van der Waals surface area contributed by atoms with Crippen molar-refractivity contribution in [3.63, 3.8) is 0 Å². The SMILES string of the molecule is CCCNC(=O)CNC(=O)c1cc(C)ccc1O. The predicted octanol–water partition coefficient (Wildman–Crippen LogP) is 0.957. The van der Waals surface area contributed by atoms with Gasteiger partial charge in [0.2, 0.25) is 5.91 Å². The van der Waals surface area contributed by atoms with Gasteiger partial charge in [0, 0.05) is 6.54 Å². The van der Waals surface area contributed by atoms with E-state index in [1.54, 1.807) is 12.1 Å². The van der Waals surface area contributed by atoms with Crippen LogP contribution in [0.15, 0.2) is 18.2 Å². The van der Waals surface area contributed by atoms with Crippen molar-refractivity contribution < 1.29 is 14.7 Å². The summed E-state index contributed by atoms with van der Waals surface area (Å²) in [6.45, 7) is 4.27. The highest BCUT2D eigenvalue weighted by Gasteiger charge is 2.12. The van der Waals surface area contributed by atoms with E-state index in [4.69, 9.17) is 0 Å². The van der Waals surface area contributed by atoms with Gasteiger partial charge in [-0.15, -0.1) is 0 Å². The number of benzene rings is 1. The molecule has 1 rings (SSSR count). The highest BCUT2D eigenvalue weighted by molar-refractivity contribution is 5.98. The van der Waals surface area contributed by atoms with Crippen molar-refractivity contribution in [3.8, 4) is 5.75 Å². The fourth-order valence-electron chi connectivity index (χ4n) is 1.41. The van der Waals surface area contributed by atoms with Crippen LogP contribution in [0.1, 0.15) is 29.3 Å². The van der Waals surface area contributed by atoms with E-state index in [1.807, 2.05) is 13.8 Å². The molecule has 98 valence electrons. The molecule has 0 aliphatic heterocycles. The average Bonchev–Trinajstić information content (AvgIpc) is 2.36. The monoisotopic (exact) mass is 250 g/mol. The van der Waals surface area contributed by atoms with Crippen molar-refractivity contribution in [2.24, 2.45) is 0 Å². The number of hydrogen-bond acceptors (Lipinski definition) is 3. The number of aryl methyl sites for hydroxylation is 1. The second-order valence-corrected chi connectivity index (χ2v) is 4.05. The molecular weight excluding hydrogens is 232 g/mol. The Hall–Kier alpha value is -2.04. The maximum absolute atomic E-state index is 11.7. The van der Waals surface area contributed by atoms with Gasteiger partial charge in [0.05, 0.1) is 12.1 Å². The van der Waals surface area contributed by atoms with Crippen molar-refractivity contribution in [2.45, 2.75) is 20.3 Å². The summed E-state index contributed by atoms with van der Waals surface area (Å²) in [7, 11) is 0. The van der Waals surface area contributed by atoms with Crippen molar-refractivity contribution >= 4 is 11.8 Å². The molecule has 5 heteroatoms. The minimum absolute atomic E-state index is 0.0907. The molecule has 0 bridgehead atoms. The van der Waals surface area contributed by atoms with Crippen LogP contribution in [0.5, 0.6) is 5.75 Å². The Morgan fingerprint density at radius 1 is 1.28 bits per heavy atom. The van der Waals surface area contributed by atoms with Crippen LogP contribution in [-0.2, 0) is 4.79 Å². The third-order valence-electron chi connectivity index (χ3n) is 2.38. The summed E-state index contributed by atoms with van der Waals surface area (Å²) in [5.41, 5.74) is 1.05. The van der Waals surface area contributed by atoms with E-state index in [2.05, 4.69) is 10.6 Å². The molecule has 0 aliphatic rings. The summed E-state index contributed by atoms with van der Waals surface area (Å²) in [5, 5.41) is 14.7. The highest BCUT2D eigenvalue weighted by Crippen LogP contribution is 2.17. The summed E-state index contributed by atoms with van der Waals surface area (Å²) in [4.78, 5) is 23.0. The van der Waals surface area contributed by atoms with E-state index in [1.165, 1.54) is 6.07 Å². The molecule has 0 spiro atoms. The summed E-state index contributed by atoms with van der Waals surface area (Å²) in [5.74, 6) is -0.785. The lowest BCUT2D eigenvalue weighted by molar-refractivity contribution is -0.120. The molecule has 0 saturated heterocycles. The zero-order valence-corrected chi connectivity index (χ0v) is 10.6. The van der Waals surface area contributed by atoms with Gasteiger partial charge >= 0.3 is 0 Å². The summed E-state index contributed by atoms with van der Waals surface area (Å²) < 4.78 is 0. The van der Waals surface area contributed by atoms with Crippen molar-refractivity contribution in [3.05, 3.63) is 29.3 Å². The Balaban J connectivity index is 2.55. The zero-order valence-electron chi connectivity index (χ0n) is 10.6. The maximum atomic E-state index is 11.7. The minimum atomic E-state index is -0.456. The lowest BCUT2D eigenvalue weighted by atomic mass is 10.1. The molecule has 5 nitrogen and oxygen atoms in total. The van der Waals surface area contributed by atoms with Gasteiger partial charge < -0.3 is 15.7 Å². The topological polar surface area (TPSA) is 78.4 Å². The number of carbonyl (C=O) groups is 2. The van der Waals surface area contributed by atoms with Gasteiger partial charge in [-0.1, -0.05) is 18.6 Å². The number of aromatic hydroxyl groups is 1. The number of rotatable bonds is 5. The molecule has 0 radical (unpaired) electrons. The second kappa shape index (κ2) is 6.64. The van der Waals surface area contributed by atoms with E-state index in [-0.39, 0.29) is 23.8 Å². The van der Waals surface area contributed by atoms with E-state index >= 15 is 0 Å². The van der Waals surface area contributed by atoms with Crippen LogP contribution < -0.4 is 10.6 Å². The van der Waals surface area contributed by atoms with Gasteiger partial charge in [-0.2, -0.15) is 0 Å². The quantitative estimate of drug-likeness (QED) is 0.728. The van der Waals surface area contributed by atoms with Crippen LogP contribution in [0.4, 0.5) is 0 Å². The number of phenols is 1. The number of hydrogen-bond donors (Lipinski definition) is 3. The van der Waals surface area contributed by atoms with Crippen molar-refractivity contribution in [2.75, 3.05) is 13.1 Å². The first-order chi connectivity index (χ1) is 8.54. The summed E-state index contributed by atoms with van der Waals surface area (Å²) in [6, 6.07) is 4.75. The van der Waals surface area contributed by atoms with Crippen molar-refractivity contribution in [1.82, 2.24) is 10.6 Å². The second-order valence-electron chi connectivity index (χ2n) is 4.05. The largest absolute Gasteiger partial charge is 0.507 e. The normalized spacial score (nSPS) is 9.89. The smallest absolute Gasteiger partial charge is 0.255 e. The molecule has 0 saturated carbocycles. The lowest BCUT2D eigenvalue weighted by Gasteiger charge is -2.08. The van der Waals surface area contributed by atoms with Gasteiger partial charge in [-0.05, 0) is 25.5 Å². The predicted molar refractivity (Wildman–Crippen MR) is 68.5 cm³/mol. The molecule has 1 aromatic carbocycles. The molecule has 1 aromatic rings. The van der Waals surface area contributed by atoms with E-state index < -0.39 is 5.91 Å². The molecule has 0 unspecified atom stereocenters. The molecule has 3 N–H and O–H groups in total. The third kappa shape index (κ3) is 4.08. The lowest BCUT2D eigenvalue weighted by Crippen LogP contribution is -2.37. The van der Waals surface area contributed by atoms with E-state index in [0.29, 0.717) is 6.54 Å². The number of phenolic OH excluding ortho intramolecular Hbond substituents is 1. The molecule has 0 fully saturated rings. The zero-order chi connectivity index (χ0) is 13.5. The molecule has 0 heterocycles.